The molecule has 12 heteroatoms. The number of esters is 2. The van der Waals surface area contributed by atoms with Crippen LogP contribution in [0.25, 0.3) is 0 Å². The molecule has 10 fully saturated rings. The van der Waals surface area contributed by atoms with Crippen LogP contribution >= 0.6 is 0 Å². The van der Waals surface area contributed by atoms with E-state index in [2.05, 4.69) is 67.5 Å². The van der Waals surface area contributed by atoms with E-state index in [1.807, 2.05) is 48.5 Å². The van der Waals surface area contributed by atoms with Crippen molar-refractivity contribution in [1.29, 1.82) is 0 Å². The van der Waals surface area contributed by atoms with Crippen LogP contribution < -0.4 is 9.80 Å². The fraction of sp³-hybridized carbons (Fsp3) is 0.672. The zero-order valence-electron chi connectivity index (χ0n) is 47.9. The number of fused-ring (bicyclic) bond motifs is 2. The van der Waals surface area contributed by atoms with E-state index in [4.69, 9.17) is 18.9 Å². The quantitative estimate of drug-likeness (QED) is 0.0869. The molecule has 4 aliphatic heterocycles. The number of hydrogen-bond acceptors (Lipinski definition) is 10. The number of rotatable bonds is 12. The van der Waals surface area contributed by atoms with E-state index in [9.17, 15) is 19.2 Å². The fourth-order valence-corrected chi connectivity index (χ4v) is 21.2. The van der Waals surface area contributed by atoms with Crippen molar-refractivity contribution in [3.8, 4) is 0 Å². The number of carbonyl (C=O) groups excluding carboxylic acids is 6. The standard InChI is InChI=1S/C67H82N2O10/c1-36(2)46-30-66-25-19-48-62(5,21-9-23-64(48,7)60(74)78-34-42-32-76-42)50(66)28-44(46)52-54(66)58(72)68(56(52)70)40-15-11-38(12-16-40)27-39-13-17-41(18-14-39)69-57(71)53-45-29-51-63(6)22-10-24-65(8,61(75)79-35-43-33-77-43)49(63)20-26-67(51,55(53)59(69)73)31-47(45)37(3)4/h11-18,30-31,36-37,42-45,48-55H,9-10,19-29,32-35H2,1-8H3. The largest absolute Gasteiger partial charge is 0.462 e. The molecule has 4 saturated heterocycles. The number of carbonyl (C=O) groups is 6. The van der Waals surface area contributed by atoms with Crippen molar-refractivity contribution in [3.05, 3.63) is 83.0 Å². The highest BCUT2D eigenvalue weighted by molar-refractivity contribution is 6.24. The minimum atomic E-state index is -0.607. The summed E-state index contributed by atoms with van der Waals surface area (Å²) in [6, 6.07) is 15.8. The summed E-state index contributed by atoms with van der Waals surface area (Å²) in [5.41, 5.74) is 3.40. The molecule has 4 heterocycles. The van der Waals surface area contributed by atoms with Gasteiger partial charge in [-0.05, 0) is 178 Å². The maximum atomic E-state index is 15.2. The van der Waals surface area contributed by atoms with Crippen molar-refractivity contribution >= 4 is 46.9 Å². The molecule has 0 N–H and O–H groups in total. The Bertz CT molecular complexity index is 2810. The molecule has 18 atom stereocenters. The molecule has 0 radical (unpaired) electrons. The van der Waals surface area contributed by atoms with Gasteiger partial charge in [0.05, 0.1) is 59.1 Å². The van der Waals surface area contributed by atoms with Crippen LogP contribution in [0.3, 0.4) is 0 Å². The summed E-state index contributed by atoms with van der Waals surface area (Å²) >= 11 is 0. The number of ether oxygens (including phenoxy) is 4. The Hall–Kier alpha value is -4.94. The third kappa shape index (κ3) is 7.28. The molecule has 420 valence electrons. The number of imide groups is 2. The Labute approximate surface area is 466 Å². The Morgan fingerprint density at radius 2 is 0.924 bits per heavy atom. The SMILES string of the molecule is CC(C)C1=CC23CCC4C(C)(C(=O)OCC5CO5)CCCC4(C)C2CC1C1C(=O)N(c2ccc(Cc4ccc(N5C(=O)C6C7CC8C9(C)CCCC(C)(C(=O)OCC%10CO%10)C9CCC8(C=C7C(C)C)C6C5=O)cc4)cc2)C(=O)C13. The monoisotopic (exact) mass is 1070 g/mol. The maximum Gasteiger partial charge on any atom is 0.312 e. The second kappa shape index (κ2) is 17.8. The molecule has 2 aromatic carbocycles. The number of anilines is 2. The third-order valence-corrected chi connectivity index (χ3v) is 24.7. The first-order chi connectivity index (χ1) is 37.7. The molecule has 4 bridgehead atoms. The van der Waals surface area contributed by atoms with Gasteiger partial charge in [-0.1, -0.05) is 102 Å². The topological polar surface area (TPSA) is 152 Å². The van der Waals surface area contributed by atoms with Gasteiger partial charge in [0.15, 0.2) is 0 Å². The van der Waals surface area contributed by atoms with E-state index >= 15 is 9.59 Å². The van der Waals surface area contributed by atoms with Gasteiger partial charge in [0.25, 0.3) is 0 Å². The maximum absolute atomic E-state index is 15.2. The molecule has 6 saturated carbocycles. The lowest BCUT2D eigenvalue weighted by Gasteiger charge is -2.68. The second-order valence-electron chi connectivity index (χ2n) is 29.0. The Balaban J connectivity index is 0.687. The third-order valence-electron chi connectivity index (χ3n) is 24.7. The number of amides is 4. The highest BCUT2D eigenvalue weighted by Gasteiger charge is 2.76. The predicted octanol–water partition coefficient (Wildman–Crippen LogP) is 11.0. The van der Waals surface area contributed by atoms with Crippen molar-refractivity contribution in [2.24, 2.45) is 104 Å². The molecule has 18 unspecified atom stereocenters. The van der Waals surface area contributed by atoms with Gasteiger partial charge in [0.2, 0.25) is 23.6 Å². The molecule has 2 aromatic rings. The van der Waals surface area contributed by atoms with Crippen LogP contribution in [0, 0.1) is 104 Å². The summed E-state index contributed by atoms with van der Waals surface area (Å²) in [7, 11) is 0. The van der Waals surface area contributed by atoms with Gasteiger partial charge in [0, 0.05) is 10.8 Å². The van der Waals surface area contributed by atoms with Gasteiger partial charge in [-0.2, -0.15) is 0 Å². The van der Waals surface area contributed by atoms with Crippen molar-refractivity contribution < 1.29 is 47.7 Å². The van der Waals surface area contributed by atoms with Crippen LogP contribution in [0.5, 0.6) is 0 Å². The number of hydrogen-bond donors (Lipinski definition) is 0. The number of nitrogens with zero attached hydrogens (tertiary/aromatic N) is 2. The van der Waals surface area contributed by atoms with Crippen molar-refractivity contribution in [2.75, 3.05) is 36.2 Å². The summed E-state index contributed by atoms with van der Waals surface area (Å²) in [4.78, 5) is 91.3. The molecule has 14 aliphatic rings. The molecule has 2 spiro atoms. The van der Waals surface area contributed by atoms with E-state index in [-0.39, 0.29) is 106 Å². The van der Waals surface area contributed by atoms with Gasteiger partial charge >= 0.3 is 11.9 Å². The molecule has 12 nitrogen and oxygen atoms in total. The van der Waals surface area contributed by atoms with Gasteiger partial charge in [-0.15, -0.1) is 0 Å². The van der Waals surface area contributed by atoms with Crippen molar-refractivity contribution in [1.82, 2.24) is 0 Å². The van der Waals surface area contributed by atoms with Crippen LogP contribution in [0.15, 0.2) is 71.8 Å². The van der Waals surface area contributed by atoms with Gasteiger partial charge < -0.3 is 18.9 Å². The average Bonchev–Trinajstić information content (AvgIpc) is 2.68. The molecule has 4 amide bonds. The van der Waals surface area contributed by atoms with Gasteiger partial charge in [-0.25, -0.2) is 0 Å². The van der Waals surface area contributed by atoms with Crippen LogP contribution in [0.1, 0.15) is 144 Å². The molecular formula is C67H82N2O10. The summed E-state index contributed by atoms with van der Waals surface area (Å²) in [5.74, 6) is -1.17. The first-order valence-electron chi connectivity index (χ1n) is 30.6. The molecule has 79 heavy (non-hydrogen) atoms. The lowest BCUT2D eigenvalue weighted by Crippen LogP contribution is -2.65. The predicted molar refractivity (Wildman–Crippen MR) is 296 cm³/mol. The van der Waals surface area contributed by atoms with E-state index < -0.39 is 45.3 Å². The summed E-state index contributed by atoms with van der Waals surface area (Å²) < 4.78 is 22.6. The summed E-state index contributed by atoms with van der Waals surface area (Å²) in [6.45, 7) is 19.8. The first kappa shape index (κ1) is 52.2. The molecule has 0 aromatic heterocycles. The normalized spacial score (nSPS) is 43.9. The minimum Gasteiger partial charge on any atom is -0.462 e. The van der Waals surface area contributed by atoms with Crippen molar-refractivity contribution in [3.63, 3.8) is 0 Å². The Morgan fingerprint density at radius 3 is 1.28 bits per heavy atom. The lowest BCUT2D eigenvalue weighted by atomic mass is 9.34. The van der Waals surface area contributed by atoms with E-state index in [0.717, 1.165) is 88.2 Å². The highest BCUT2D eigenvalue weighted by atomic mass is 16.6. The molecule has 10 aliphatic carbocycles. The minimum absolute atomic E-state index is 0.0145. The first-order valence-corrected chi connectivity index (χ1v) is 30.6. The zero-order valence-corrected chi connectivity index (χ0v) is 47.9. The average molecular weight is 1080 g/mol. The summed E-state index contributed by atoms with van der Waals surface area (Å²) in [6.07, 6.45) is 15.9. The smallest absolute Gasteiger partial charge is 0.312 e. The molecule has 16 rings (SSSR count). The fourth-order valence-electron chi connectivity index (χ4n) is 21.2. The summed E-state index contributed by atoms with van der Waals surface area (Å²) in [5, 5.41) is 0. The van der Waals surface area contributed by atoms with E-state index in [1.165, 1.54) is 20.9 Å². The van der Waals surface area contributed by atoms with Gasteiger partial charge in [0.1, 0.15) is 25.4 Å². The molecular weight excluding hydrogens is 993 g/mol. The van der Waals surface area contributed by atoms with Crippen LogP contribution in [0.4, 0.5) is 11.4 Å². The lowest BCUT2D eigenvalue weighted by molar-refractivity contribution is -0.198. The zero-order chi connectivity index (χ0) is 55.1. The second-order valence-corrected chi connectivity index (χ2v) is 29.0. The Kier molecular flexibility index (Phi) is 11.7. The number of epoxide rings is 2. The van der Waals surface area contributed by atoms with Crippen LogP contribution in [-0.2, 0) is 54.1 Å². The van der Waals surface area contributed by atoms with E-state index in [1.54, 1.807) is 0 Å². The van der Waals surface area contributed by atoms with Crippen LogP contribution in [-0.4, -0.2) is 74.2 Å². The Morgan fingerprint density at radius 1 is 0.544 bits per heavy atom. The van der Waals surface area contributed by atoms with Gasteiger partial charge in [-0.3, -0.25) is 38.6 Å². The number of allylic oxidation sites excluding steroid dienone is 4. The van der Waals surface area contributed by atoms with Crippen LogP contribution in [0.2, 0.25) is 0 Å². The highest BCUT2D eigenvalue weighted by Crippen LogP contribution is 2.77. The van der Waals surface area contributed by atoms with Crippen molar-refractivity contribution in [2.45, 2.75) is 151 Å². The van der Waals surface area contributed by atoms with E-state index in [0.29, 0.717) is 44.2 Å². The number of benzene rings is 2.